The third-order valence-electron chi connectivity index (χ3n) is 0. The van der Waals surface area contributed by atoms with Crippen LogP contribution in [0.4, 0.5) is 0 Å². The van der Waals surface area contributed by atoms with Gasteiger partial charge in [-0.1, -0.05) is 0 Å². The van der Waals surface area contributed by atoms with Crippen LogP contribution in [0.2, 0.25) is 0 Å². The van der Waals surface area contributed by atoms with Crippen molar-refractivity contribution in [2.75, 3.05) is 0 Å². The number of rotatable bonds is 0. The van der Waals surface area contributed by atoms with Gasteiger partial charge in [0.1, 0.15) is 0 Å². The summed E-state index contributed by atoms with van der Waals surface area (Å²) in [6.45, 7) is 2.39. The van der Waals surface area contributed by atoms with Crippen LogP contribution in [0, 0.1) is 0 Å². The van der Waals surface area contributed by atoms with Gasteiger partial charge in [0.15, 0.2) is 0 Å². The summed E-state index contributed by atoms with van der Waals surface area (Å²) in [7, 11) is 0. The van der Waals surface area contributed by atoms with Crippen molar-refractivity contribution >= 4 is 11.8 Å². The van der Waals surface area contributed by atoms with E-state index in [1.807, 2.05) is 0 Å². The quantitative estimate of drug-likeness (QED) is 0.628. The van der Waals surface area contributed by atoms with Crippen molar-refractivity contribution < 1.29 is 35.4 Å². The van der Waals surface area contributed by atoms with Gasteiger partial charge in [-0.05, 0) is 13.8 Å². The van der Waals surface area contributed by atoms with Gasteiger partial charge in [-0.25, -0.2) is 0 Å². The van der Waals surface area contributed by atoms with Crippen molar-refractivity contribution in [2.24, 2.45) is 0 Å². The molecule has 0 bridgehead atoms. The largest absolute Gasteiger partial charge is 0.668 e. The van der Waals surface area contributed by atoms with E-state index in [1.54, 1.807) is 0 Å². The van der Waals surface area contributed by atoms with Crippen molar-refractivity contribution in [1.82, 2.24) is 0 Å². The molecule has 2 N–H and O–H groups in total. The smallest absolute Gasteiger partial charge is 0.0456 e. The molecule has 0 rings (SSSR count). The average Bonchev–Trinajstić information content (AvgIpc) is 1.25. The Morgan fingerprint density at radius 3 is 1.00 bits per heavy atom. The van der Waals surface area contributed by atoms with Gasteiger partial charge in [-0.3, -0.25) is 0 Å². The summed E-state index contributed by atoms with van der Waals surface area (Å²) < 4.78 is 0. The van der Waals surface area contributed by atoms with Gasteiger partial charge in [0, 0.05) is 37.7 Å². The van der Waals surface area contributed by atoms with Crippen LogP contribution in [0.25, 0.3) is 11.5 Å². The van der Waals surface area contributed by atoms with Crippen LogP contribution < -0.4 is 0 Å². The molecule has 52 valence electrons. The third kappa shape index (κ3) is 7310. The minimum Gasteiger partial charge on any atom is -0.668 e. The molecule has 0 aromatic heterocycles. The first kappa shape index (κ1) is 15.9. The van der Waals surface area contributed by atoms with Crippen LogP contribution in [0.5, 0.6) is 0 Å². The molecule has 0 aromatic carbocycles. The number of carbonyl (C=O) groups is 2. The Morgan fingerprint density at radius 1 is 1.00 bits per heavy atom. The van der Waals surface area contributed by atoms with Gasteiger partial charge in [0.25, 0.3) is 0 Å². The predicted molar refractivity (Wildman–Crippen MR) is 30.0 cm³/mol. The van der Waals surface area contributed by atoms with E-state index in [0.29, 0.717) is 0 Å². The first-order chi connectivity index (χ1) is 3.46. The Labute approximate surface area is 72.8 Å². The number of carbonyl (C=O) groups excluding carboxylic acids is 2. The standard InChI is InChI=1S/2C2H5NO.Hf/c2*1-2(3)4;/h2*1H3,(H2,3,4);/p-2. The van der Waals surface area contributed by atoms with Crippen LogP contribution in [0.1, 0.15) is 13.8 Å². The molecule has 0 saturated carbocycles. The molecule has 0 aliphatic carbocycles. The molecule has 0 heterocycles. The summed E-state index contributed by atoms with van der Waals surface area (Å²) in [6, 6.07) is 0. The molecule has 2 amide bonds. The third-order valence-corrected chi connectivity index (χ3v) is 0. The van der Waals surface area contributed by atoms with E-state index in [2.05, 4.69) is 0 Å². The zero-order valence-electron chi connectivity index (χ0n) is 5.32. The number of hydrogen-bond acceptors (Lipinski definition) is 2. The van der Waals surface area contributed by atoms with Gasteiger partial charge in [0.2, 0.25) is 0 Å². The van der Waals surface area contributed by atoms with Gasteiger partial charge >= 0.3 is 0 Å². The molecule has 0 aromatic rings. The Balaban J connectivity index is -0.0000000720. The SMILES string of the molecule is CC([NH-])=O.CC([NH-])=O.[Hf]. The molecule has 0 fully saturated rings. The Kier molecular flexibility index (Phi) is 19.0. The number of nitrogens with one attached hydrogen (secondary N) is 2. The molecule has 5 heteroatoms. The second-order valence-corrected chi connectivity index (χ2v) is 1.11. The zero-order valence-corrected chi connectivity index (χ0v) is 8.91. The Morgan fingerprint density at radius 2 is 1.00 bits per heavy atom. The fraction of sp³-hybridized carbons (Fsp3) is 0.500. The van der Waals surface area contributed by atoms with Gasteiger partial charge in [-0.2, -0.15) is 0 Å². The van der Waals surface area contributed by atoms with Crippen LogP contribution in [0.3, 0.4) is 0 Å². The van der Waals surface area contributed by atoms with Crippen molar-refractivity contribution in [3.05, 3.63) is 11.5 Å². The maximum atomic E-state index is 9.11. The Hall–Kier alpha value is -0.190. The van der Waals surface area contributed by atoms with Crippen LogP contribution in [-0.2, 0) is 35.4 Å². The fourth-order valence-electron chi connectivity index (χ4n) is 0. The molecule has 9 heavy (non-hydrogen) atoms. The molecular weight excluding hydrogens is 287 g/mol. The van der Waals surface area contributed by atoms with Crippen molar-refractivity contribution in [3.8, 4) is 0 Å². The van der Waals surface area contributed by atoms with E-state index in [0.717, 1.165) is 0 Å². The minimum atomic E-state index is -0.583. The van der Waals surface area contributed by atoms with Gasteiger partial charge in [0.05, 0.1) is 0 Å². The molecule has 0 unspecified atom stereocenters. The summed E-state index contributed by atoms with van der Waals surface area (Å²) >= 11 is 0. The maximum absolute atomic E-state index is 9.11. The topological polar surface area (TPSA) is 81.7 Å². The molecule has 0 aliphatic heterocycles. The zero-order chi connectivity index (χ0) is 7.15. The second kappa shape index (κ2) is 10.7. The number of amides is 2. The first-order valence-electron chi connectivity index (χ1n) is 1.91. The summed E-state index contributed by atoms with van der Waals surface area (Å²) in [5, 5.41) is 0. The first-order valence-corrected chi connectivity index (χ1v) is 1.91. The molecular formula is C4H8HfN2O2-2. The maximum Gasteiger partial charge on any atom is 0.0456 e. The molecule has 4 nitrogen and oxygen atoms in total. The summed E-state index contributed by atoms with van der Waals surface area (Å²) in [5.74, 6) is -1.17. The van der Waals surface area contributed by atoms with E-state index >= 15 is 0 Å². The fourth-order valence-corrected chi connectivity index (χ4v) is 0. The van der Waals surface area contributed by atoms with Crippen molar-refractivity contribution in [2.45, 2.75) is 13.8 Å². The van der Waals surface area contributed by atoms with Crippen LogP contribution in [-0.4, -0.2) is 11.8 Å². The minimum absolute atomic E-state index is 0. The van der Waals surface area contributed by atoms with E-state index in [1.165, 1.54) is 13.8 Å². The normalized spacial score (nSPS) is 5.56. The van der Waals surface area contributed by atoms with Crippen molar-refractivity contribution in [1.29, 1.82) is 0 Å². The average molecular weight is 295 g/mol. The van der Waals surface area contributed by atoms with Gasteiger partial charge in [-0.15, -0.1) is 0 Å². The second-order valence-electron chi connectivity index (χ2n) is 1.11. The van der Waals surface area contributed by atoms with Crippen LogP contribution in [0.15, 0.2) is 0 Å². The molecule has 0 saturated heterocycles. The van der Waals surface area contributed by atoms with Gasteiger partial charge < -0.3 is 21.1 Å². The summed E-state index contributed by atoms with van der Waals surface area (Å²) in [6.07, 6.45) is 0. The molecule has 0 atom stereocenters. The van der Waals surface area contributed by atoms with E-state index in [9.17, 15) is 0 Å². The predicted octanol–water partition coefficient (Wildman–Crippen LogP) is 1.17. The molecule has 0 radical (unpaired) electrons. The van der Waals surface area contributed by atoms with E-state index in [-0.39, 0.29) is 25.8 Å². The number of hydrogen-bond donors (Lipinski definition) is 0. The summed E-state index contributed by atoms with van der Waals surface area (Å²) in [5.41, 5.74) is 11.9. The van der Waals surface area contributed by atoms with Crippen LogP contribution >= 0.6 is 0 Å². The van der Waals surface area contributed by atoms with E-state index in [4.69, 9.17) is 21.1 Å². The summed E-state index contributed by atoms with van der Waals surface area (Å²) in [4.78, 5) is 18.2. The monoisotopic (exact) mass is 296 g/mol. The van der Waals surface area contributed by atoms with E-state index < -0.39 is 11.8 Å². The molecule has 0 aliphatic rings. The Bertz CT molecular complexity index is 74.6. The van der Waals surface area contributed by atoms with Crippen molar-refractivity contribution in [3.63, 3.8) is 0 Å². The molecule has 0 spiro atoms.